The topological polar surface area (TPSA) is 47.9 Å². The Kier molecular flexibility index (Phi) is 3.93. The highest BCUT2D eigenvalue weighted by Crippen LogP contribution is 2.23. The second-order valence-electron chi connectivity index (χ2n) is 3.30. The molecule has 2 aromatic rings. The molecule has 0 aliphatic heterocycles. The van der Waals surface area contributed by atoms with Crippen molar-refractivity contribution in [1.82, 2.24) is 15.0 Å². The summed E-state index contributed by atoms with van der Waals surface area (Å²) in [5.41, 5.74) is 0.408. The quantitative estimate of drug-likeness (QED) is 0.868. The Hall–Kier alpha value is -1.46. The first-order valence-electron chi connectivity index (χ1n) is 5.09. The number of hydrogen-bond donors (Lipinski definition) is 0. The summed E-state index contributed by atoms with van der Waals surface area (Å²) in [7, 11) is 0. The van der Waals surface area contributed by atoms with E-state index in [1.165, 1.54) is 18.2 Å². The summed E-state index contributed by atoms with van der Waals surface area (Å²) < 4.78 is 18.4. The maximum Gasteiger partial charge on any atom is 0.321 e. The minimum Gasteiger partial charge on any atom is -0.464 e. The molecule has 2 rings (SSSR count). The number of rotatable bonds is 3. The summed E-state index contributed by atoms with van der Waals surface area (Å²) in [5, 5.41) is 0.225. The Bertz CT molecular complexity index is 560. The van der Waals surface area contributed by atoms with E-state index in [4.69, 9.17) is 27.9 Å². The van der Waals surface area contributed by atoms with Crippen LogP contribution in [0.5, 0.6) is 6.01 Å². The van der Waals surface area contributed by atoms with E-state index in [0.29, 0.717) is 12.2 Å². The van der Waals surface area contributed by atoms with E-state index in [-0.39, 0.29) is 22.1 Å². The first-order chi connectivity index (χ1) is 8.58. The van der Waals surface area contributed by atoms with Gasteiger partial charge in [-0.05, 0) is 36.7 Å². The second kappa shape index (κ2) is 5.46. The molecule has 0 spiro atoms. The van der Waals surface area contributed by atoms with Gasteiger partial charge in [-0.25, -0.2) is 4.39 Å². The van der Waals surface area contributed by atoms with Crippen molar-refractivity contribution in [2.24, 2.45) is 0 Å². The first-order valence-corrected chi connectivity index (χ1v) is 5.85. The van der Waals surface area contributed by atoms with E-state index in [1.807, 2.05) is 0 Å². The zero-order valence-corrected chi connectivity index (χ0v) is 10.8. The van der Waals surface area contributed by atoms with Crippen molar-refractivity contribution in [2.45, 2.75) is 6.92 Å². The normalized spacial score (nSPS) is 10.4. The van der Waals surface area contributed by atoms with E-state index in [2.05, 4.69) is 15.0 Å². The minimum absolute atomic E-state index is 0.0242. The molecule has 1 heterocycles. The molecule has 0 saturated carbocycles. The fourth-order valence-corrected chi connectivity index (χ4v) is 1.71. The van der Waals surface area contributed by atoms with Crippen LogP contribution in [-0.4, -0.2) is 21.6 Å². The molecule has 0 atom stereocenters. The van der Waals surface area contributed by atoms with Gasteiger partial charge in [0.15, 0.2) is 5.82 Å². The molecule has 0 radical (unpaired) electrons. The second-order valence-corrected chi connectivity index (χ2v) is 4.08. The average Bonchev–Trinajstić information content (AvgIpc) is 2.27. The smallest absolute Gasteiger partial charge is 0.321 e. The summed E-state index contributed by atoms with van der Waals surface area (Å²) >= 11 is 11.5. The first kappa shape index (κ1) is 13.0. The zero-order chi connectivity index (χ0) is 13.1. The summed E-state index contributed by atoms with van der Waals surface area (Å²) in [6.45, 7) is 2.18. The van der Waals surface area contributed by atoms with Crippen LogP contribution < -0.4 is 4.74 Å². The van der Waals surface area contributed by atoms with E-state index in [1.54, 1.807) is 6.92 Å². The lowest BCUT2D eigenvalue weighted by Gasteiger charge is -2.05. The maximum absolute atomic E-state index is 13.2. The van der Waals surface area contributed by atoms with Gasteiger partial charge in [0.05, 0.1) is 6.61 Å². The van der Waals surface area contributed by atoms with Gasteiger partial charge in [-0.3, -0.25) is 0 Å². The SMILES string of the molecule is CCOc1nc(Cl)nc(-c2cc(F)cc(Cl)c2)n1. The third-order valence-corrected chi connectivity index (χ3v) is 2.37. The molecule has 18 heavy (non-hydrogen) atoms. The Morgan fingerprint density at radius 3 is 2.61 bits per heavy atom. The lowest BCUT2D eigenvalue weighted by Crippen LogP contribution is -2.01. The molecular weight excluding hydrogens is 280 g/mol. The van der Waals surface area contributed by atoms with Crippen LogP contribution in [-0.2, 0) is 0 Å². The van der Waals surface area contributed by atoms with Crippen molar-refractivity contribution in [1.29, 1.82) is 0 Å². The Morgan fingerprint density at radius 2 is 1.94 bits per heavy atom. The van der Waals surface area contributed by atoms with Gasteiger partial charge in [0.1, 0.15) is 5.82 Å². The van der Waals surface area contributed by atoms with Crippen LogP contribution in [0.1, 0.15) is 6.92 Å². The van der Waals surface area contributed by atoms with Gasteiger partial charge >= 0.3 is 6.01 Å². The molecule has 4 nitrogen and oxygen atoms in total. The molecular formula is C11H8Cl2FN3O. The molecule has 0 aliphatic rings. The molecule has 0 bridgehead atoms. The van der Waals surface area contributed by atoms with Crippen LogP contribution in [0.15, 0.2) is 18.2 Å². The number of ether oxygens (including phenoxy) is 1. The monoisotopic (exact) mass is 287 g/mol. The average molecular weight is 288 g/mol. The van der Waals surface area contributed by atoms with E-state index in [9.17, 15) is 4.39 Å². The lowest BCUT2D eigenvalue weighted by atomic mass is 10.2. The van der Waals surface area contributed by atoms with Gasteiger partial charge in [-0.2, -0.15) is 15.0 Å². The molecule has 94 valence electrons. The summed E-state index contributed by atoms with van der Waals surface area (Å²) in [6, 6.07) is 4.07. The van der Waals surface area contributed by atoms with Gasteiger partial charge in [-0.1, -0.05) is 11.6 Å². The molecule has 0 unspecified atom stereocenters. The number of nitrogens with zero attached hydrogens (tertiary/aromatic N) is 3. The molecule has 0 fully saturated rings. The summed E-state index contributed by atoms with van der Waals surface area (Å²) in [4.78, 5) is 11.7. The van der Waals surface area contributed by atoms with E-state index < -0.39 is 5.82 Å². The van der Waals surface area contributed by atoms with E-state index in [0.717, 1.165) is 0 Å². The third-order valence-electron chi connectivity index (χ3n) is 1.98. The fourth-order valence-electron chi connectivity index (χ4n) is 1.34. The predicted octanol–water partition coefficient (Wildman–Crippen LogP) is 3.38. The summed E-state index contributed by atoms with van der Waals surface area (Å²) in [6.07, 6.45) is 0. The minimum atomic E-state index is -0.480. The van der Waals surface area contributed by atoms with Crippen LogP contribution in [0.3, 0.4) is 0 Å². The molecule has 0 saturated heterocycles. The van der Waals surface area contributed by atoms with Crippen molar-refractivity contribution in [2.75, 3.05) is 6.61 Å². The number of hydrogen-bond acceptors (Lipinski definition) is 4. The van der Waals surface area contributed by atoms with Crippen LogP contribution in [0.4, 0.5) is 4.39 Å². The molecule has 1 aromatic carbocycles. The van der Waals surface area contributed by atoms with Crippen molar-refractivity contribution in [3.05, 3.63) is 34.3 Å². The number of benzene rings is 1. The van der Waals surface area contributed by atoms with E-state index >= 15 is 0 Å². The standard InChI is InChI=1S/C11H8Cl2FN3O/c1-2-18-11-16-9(15-10(13)17-11)6-3-7(12)5-8(14)4-6/h3-5H,2H2,1H3. The van der Waals surface area contributed by atoms with Crippen molar-refractivity contribution < 1.29 is 9.13 Å². The number of halogens is 3. The Labute approximate surface area is 113 Å². The van der Waals surface area contributed by atoms with Crippen LogP contribution in [0, 0.1) is 5.82 Å². The van der Waals surface area contributed by atoms with Crippen molar-refractivity contribution >= 4 is 23.2 Å². The van der Waals surface area contributed by atoms with Gasteiger partial charge in [-0.15, -0.1) is 0 Å². The maximum atomic E-state index is 13.2. The highest BCUT2D eigenvalue weighted by atomic mass is 35.5. The Balaban J connectivity index is 2.49. The molecule has 0 amide bonds. The van der Waals surface area contributed by atoms with Gasteiger partial charge in [0.25, 0.3) is 0 Å². The Morgan fingerprint density at radius 1 is 1.17 bits per heavy atom. The fraction of sp³-hybridized carbons (Fsp3) is 0.182. The van der Waals surface area contributed by atoms with Crippen molar-refractivity contribution in [3.63, 3.8) is 0 Å². The highest BCUT2D eigenvalue weighted by molar-refractivity contribution is 6.30. The zero-order valence-electron chi connectivity index (χ0n) is 9.32. The molecule has 0 aliphatic carbocycles. The van der Waals surface area contributed by atoms with Crippen LogP contribution in [0.25, 0.3) is 11.4 Å². The molecule has 1 aromatic heterocycles. The van der Waals surface area contributed by atoms with Crippen LogP contribution >= 0.6 is 23.2 Å². The van der Waals surface area contributed by atoms with Gasteiger partial charge < -0.3 is 4.74 Å². The third kappa shape index (κ3) is 3.05. The van der Waals surface area contributed by atoms with Crippen LogP contribution in [0.2, 0.25) is 10.3 Å². The summed E-state index contributed by atoms with van der Waals surface area (Å²) in [5.74, 6) is -0.271. The predicted molar refractivity (Wildman–Crippen MR) is 66.4 cm³/mol. The van der Waals surface area contributed by atoms with Gasteiger partial charge in [0.2, 0.25) is 5.28 Å². The van der Waals surface area contributed by atoms with Gasteiger partial charge in [0, 0.05) is 10.6 Å². The molecule has 7 heteroatoms. The largest absolute Gasteiger partial charge is 0.464 e. The lowest BCUT2D eigenvalue weighted by molar-refractivity contribution is 0.312. The molecule has 0 N–H and O–H groups in total. The van der Waals surface area contributed by atoms with Crippen molar-refractivity contribution in [3.8, 4) is 17.4 Å². The number of aromatic nitrogens is 3. The highest BCUT2D eigenvalue weighted by Gasteiger charge is 2.10.